The lowest BCUT2D eigenvalue weighted by Gasteiger charge is -2.30. The van der Waals surface area contributed by atoms with Crippen LogP contribution in [0, 0.1) is 0 Å². The van der Waals surface area contributed by atoms with E-state index >= 15 is 0 Å². The minimum absolute atomic E-state index is 0.449. The largest absolute Gasteiger partial charge is 0.383 e. The van der Waals surface area contributed by atoms with Crippen molar-refractivity contribution in [2.75, 3.05) is 47.1 Å². The topological polar surface area (TPSA) is 62.4 Å². The van der Waals surface area contributed by atoms with Crippen LogP contribution in [0.4, 0.5) is 0 Å². The van der Waals surface area contributed by atoms with Crippen LogP contribution in [-0.4, -0.2) is 68.0 Å². The molecule has 1 atom stereocenters. The van der Waals surface area contributed by atoms with Crippen LogP contribution in [0.2, 0.25) is 0 Å². The number of aromatic amines is 1. The Labute approximate surface area is 114 Å². The number of hydrogen-bond acceptors (Lipinski definition) is 5. The molecule has 2 rings (SSSR count). The summed E-state index contributed by atoms with van der Waals surface area (Å²) in [5.41, 5.74) is 2.42. The minimum atomic E-state index is 0.449. The molecule has 1 aliphatic heterocycles. The van der Waals surface area contributed by atoms with E-state index in [9.17, 15) is 0 Å². The second kappa shape index (κ2) is 7.59. The molecule has 1 aliphatic rings. The van der Waals surface area contributed by atoms with Crippen LogP contribution in [-0.2, 0) is 22.4 Å². The summed E-state index contributed by atoms with van der Waals surface area (Å²) in [6.07, 6.45) is 2.76. The maximum atomic E-state index is 5.17. The molecule has 0 fully saturated rings. The van der Waals surface area contributed by atoms with E-state index in [0.29, 0.717) is 6.04 Å². The van der Waals surface area contributed by atoms with Gasteiger partial charge in [0.1, 0.15) is 0 Å². The summed E-state index contributed by atoms with van der Waals surface area (Å²) in [6, 6.07) is 0.449. The third-order valence-electron chi connectivity index (χ3n) is 3.52. The van der Waals surface area contributed by atoms with Crippen LogP contribution in [0.3, 0.4) is 0 Å². The first kappa shape index (κ1) is 14.5. The lowest BCUT2D eigenvalue weighted by Crippen LogP contribution is -2.46. The lowest BCUT2D eigenvalue weighted by molar-refractivity contribution is 0.106. The summed E-state index contributed by atoms with van der Waals surface area (Å²) in [4.78, 5) is 9.93. The van der Waals surface area contributed by atoms with Crippen LogP contribution in [0.5, 0.6) is 0 Å². The van der Waals surface area contributed by atoms with Crippen LogP contribution in [0.25, 0.3) is 0 Å². The van der Waals surface area contributed by atoms with Crippen molar-refractivity contribution in [3.8, 4) is 0 Å². The van der Waals surface area contributed by atoms with E-state index in [1.807, 2.05) is 0 Å². The molecule has 0 spiro atoms. The lowest BCUT2D eigenvalue weighted by atomic mass is 10.0. The Balaban J connectivity index is 1.83. The predicted octanol–water partition coefficient (Wildman–Crippen LogP) is 0.0188. The van der Waals surface area contributed by atoms with Crippen LogP contribution < -0.4 is 5.32 Å². The first-order valence-electron chi connectivity index (χ1n) is 6.78. The molecule has 1 aromatic rings. The second-order valence-electron chi connectivity index (χ2n) is 4.90. The summed E-state index contributed by atoms with van der Waals surface area (Å²) >= 11 is 0. The van der Waals surface area contributed by atoms with Gasteiger partial charge in [-0.2, -0.15) is 0 Å². The predicted molar refractivity (Wildman–Crippen MR) is 73.1 cm³/mol. The third kappa shape index (κ3) is 4.28. The number of nitrogens with one attached hydrogen (secondary N) is 2. The molecule has 0 saturated carbocycles. The minimum Gasteiger partial charge on any atom is -0.383 e. The number of imidazole rings is 1. The van der Waals surface area contributed by atoms with Gasteiger partial charge in [-0.05, 0) is 0 Å². The number of rotatable bonds is 8. The van der Waals surface area contributed by atoms with Gasteiger partial charge in [0.25, 0.3) is 0 Å². The van der Waals surface area contributed by atoms with E-state index < -0.39 is 0 Å². The van der Waals surface area contributed by atoms with Crippen molar-refractivity contribution in [1.82, 2.24) is 20.2 Å². The molecule has 2 heterocycles. The monoisotopic (exact) mass is 268 g/mol. The van der Waals surface area contributed by atoms with Crippen molar-refractivity contribution >= 4 is 0 Å². The fraction of sp³-hybridized carbons (Fsp3) is 0.769. The van der Waals surface area contributed by atoms with Gasteiger partial charge in [0.2, 0.25) is 0 Å². The van der Waals surface area contributed by atoms with E-state index in [1.54, 1.807) is 20.5 Å². The highest BCUT2D eigenvalue weighted by molar-refractivity contribution is 5.15. The maximum absolute atomic E-state index is 5.17. The highest BCUT2D eigenvalue weighted by Crippen LogP contribution is 2.12. The highest BCUT2D eigenvalue weighted by atomic mass is 16.5. The third-order valence-corrected chi connectivity index (χ3v) is 3.52. The van der Waals surface area contributed by atoms with Gasteiger partial charge in [0.05, 0.1) is 30.9 Å². The summed E-state index contributed by atoms with van der Waals surface area (Å²) in [6.45, 7) is 5.26. The van der Waals surface area contributed by atoms with E-state index in [4.69, 9.17) is 9.47 Å². The van der Waals surface area contributed by atoms with Gasteiger partial charge < -0.3 is 19.8 Å². The van der Waals surface area contributed by atoms with Gasteiger partial charge in [-0.15, -0.1) is 0 Å². The van der Waals surface area contributed by atoms with Crippen LogP contribution in [0.15, 0.2) is 6.33 Å². The van der Waals surface area contributed by atoms with Gasteiger partial charge in [-0.3, -0.25) is 4.90 Å². The van der Waals surface area contributed by atoms with Crippen molar-refractivity contribution in [1.29, 1.82) is 0 Å². The number of aromatic nitrogens is 2. The number of ether oxygens (including phenoxy) is 2. The van der Waals surface area contributed by atoms with E-state index in [-0.39, 0.29) is 0 Å². The molecule has 1 aromatic heterocycles. The second-order valence-corrected chi connectivity index (χ2v) is 4.90. The Kier molecular flexibility index (Phi) is 5.78. The van der Waals surface area contributed by atoms with E-state index in [1.165, 1.54) is 11.4 Å². The molecule has 108 valence electrons. The van der Waals surface area contributed by atoms with Gasteiger partial charge in [-0.25, -0.2) is 4.98 Å². The SMILES string of the molecule is COCCN(CCOC)CC1Cc2nc[nH]c2CN1. The van der Waals surface area contributed by atoms with Crippen molar-refractivity contribution < 1.29 is 9.47 Å². The quantitative estimate of drug-likeness (QED) is 0.696. The fourth-order valence-corrected chi connectivity index (χ4v) is 2.41. The van der Waals surface area contributed by atoms with Crippen LogP contribution in [0.1, 0.15) is 11.4 Å². The number of methoxy groups -OCH3 is 2. The summed E-state index contributed by atoms with van der Waals surface area (Å²) in [5, 5.41) is 3.55. The molecule has 6 heteroatoms. The Morgan fingerprint density at radius 1 is 1.32 bits per heavy atom. The molecule has 0 amide bonds. The Morgan fingerprint density at radius 3 is 2.74 bits per heavy atom. The normalized spacial score (nSPS) is 18.8. The average Bonchev–Trinajstić information content (AvgIpc) is 2.89. The van der Waals surface area contributed by atoms with Crippen molar-refractivity contribution in [3.05, 3.63) is 17.7 Å². The molecular formula is C13H24N4O2. The van der Waals surface area contributed by atoms with Crippen molar-refractivity contribution in [2.24, 2.45) is 0 Å². The van der Waals surface area contributed by atoms with E-state index in [0.717, 1.165) is 45.8 Å². The number of hydrogen-bond donors (Lipinski definition) is 2. The molecule has 2 N–H and O–H groups in total. The van der Waals surface area contributed by atoms with E-state index in [2.05, 4.69) is 20.2 Å². The standard InChI is InChI=1S/C13H24N4O2/c1-18-5-3-17(4-6-19-2)9-11-7-12-13(8-14-11)16-10-15-12/h10-11,14H,3-9H2,1-2H3,(H,15,16). The zero-order chi connectivity index (χ0) is 13.5. The van der Waals surface area contributed by atoms with Crippen molar-refractivity contribution in [3.63, 3.8) is 0 Å². The molecule has 6 nitrogen and oxygen atoms in total. The molecule has 1 unspecified atom stereocenters. The molecule has 19 heavy (non-hydrogen) atoms. The van der Waals surface area contributed by atoms with Crippen LogP contribution >= 0.6 is 0 Å². The van der Waals surface area contributed by atoms with Gasteiger partial charge in [0, 0.05) is 52.9 Å². The Bertz CT molecular complexity index is 361. The molecule has 0 saturated heterocycles. The molecule has 0 radical (unpaired) electrons. The maximum Gasteiger partial charge on any atom is 0.0925 e. The summed E-state index contributed by atoms with van der Waals surface area (Å²) in [7, 11) is 3.48. The van der Waals surface area contributed by atoms with Gasteiger partial charge >= 0.3 is 0 Å². The average molecular weight is 268 g/mol. The number of nitrogens with zero attached hydrogens (tertiary/aromatic N) is 2. The molecule has 0 bridgehead atoms. The molecular weight excluding hydrogens is 244 g/mol. The van der Waals surface area contributed by atoms with Gasteiger partial charge in [-0.1, -0.05) is 0 Å². The zero-order valence-corrected chi connectivity index (χ0v) is 11.8. The Hall–Kier alpha value is -0.950. The molecule has 0 aliphatic carbocycles. The summed E-state index contributed by atoms with van der Waals surface area (Å²) < 4.78 is 10.3. The fourth-order valence-electron chi connectivity index (χ4n) is 2.41. The first-order valence-corrected chi connectivity index (χ1v) is 6.78. The van der Waals surface area contributed by atoms with Crippen molar-refractivity contribution in [2.45, 2.75) is 19.0 Å². The number of fused-ring (bicyclic) bond motifs is 1. The Morgan fingerprint density at radius 2 is 2.05 bits per heavy atom. The molecule has 0 aromatic carbocycles. The number of H-pyrrole nitrogens is 1. The first-order chi connectivity index (χ1) is 9.33. The zero-order valence-electron chi connectivity index (χ0n) is 11.8. The highest BCUT2D eigenvalue weighted by Gasteiger charge is 2.21. The van der Waals surface area contributed by atoms with Gasteiger partial charge in [0.15, 0.2) is 0 Å². The smallest absolute Gasteiger partial charge is 0.0925 e. The summed E-state index contributed by atoms with van der Waals surface area (Å²) in [5.74, 6) is 0.